The Labute approximate surface area is 123 Å². The van der Waals surface area contributed by atoms with Crippen LogP contribution in [0.15, 0.2) is 47.9 Å². The van der Waals surface area contributed by atoms with Crippen LogP contribution in [0.4, 0.5) is 0 Å². The monoisotopic (exact) mass is 282 g/mol. The fourth-order valence-electron chi connectivity index (χ4n) is 2.19. The van der Waals surface area contributed by atoms with Gasteiger partial charge < -0.3 is 9.88 Å². The molecule has 108 valence electrons. The molecule has 0 saturated carbocycles. The lowest BCUT2D eigenvalue weighted by molar-refractivity contribution is 0.0961. The van der Waals surface area contributed by atoms with Crippen LogP contribution in [-0.2, 0) is 6.54 Å². The molecular weight excluding hydrogens is 264 g/mol. The molecule has 21 heavy (non-hydrogen) atoms. The molecular formula is C17H18N2O2. The van der Waals surface area contributed by atoms with Gasteiger partial charge in [-0.15, -0.1) is 0 Å². The molecule has 0 radical (unpaired) electrons. The second-order valence-electron chi connectivity index (χ2n) is 4.89. The van der Waals surface area contributed by atoms with Crippen LogP contribution in [0.5, 0.6) is 0 Å². The molecule has 2 aromatic rings. The molecule has 1 N–H and O–H groups in total. The lowest BCUT2D eigenvalue weighted by atomic mass is 10.1. The van der Waals surface area contributed by atoms with Crippen LogP contribution in [-0.4, -0.2) is 17.5 Å². The van der Waals surface area contributed by atoms with Crippen LogP contribution < -0.4 is 10.9 Å². The molecule has 0 atom stereocenters. The van der Waals surface area contributed by atoms with Gasteiger partial charge in [0, 0.05) is 13.2 Å². The highest BCUT2D eigenvalue weighted by molar-refractivity contribution is 5.94. The lowest BCUT2D eigenvalue weighted by Gasteiger charge is -2.10. The van der Waals surface area contributed by atoms with Gasteiger partial charge in [0.15, 0.2) is 0 Å². The van der Waals surface area contributed by atoms with Crippen LogP contribution in [0.25, 0.3) is 6.08 Å². The zero-order chi connectivity index (χ0) is 15.4. The number of carbonyl (C=O) groups is 1. The molecule has 0 aliphatic heterocycles. The summed E-state index contributed by atoms with van der Waals surface area (Å²) in [7, 11) is 1.51. The third-order valence-electron chi connectivity index (χ3n) is 3.25. The van der Waals surface area contributed by atoms with Crippen molar-refractivity contribution in [3.8, 4) is 0 Å². The number of nitrogens with zero attached hydrogens (tertiary/aromatic N) is 1. The lowest BCUT2D eigenvalue weighted by Crippen LogP contribution is -2.31. The number of amides is 1. The van der Waals surface area contributed by atoms with Crippen LogP contribution in [0.3, 0.4) is 0 Å². The number of nitrogens with one attached hydrogen (secondary N) is 1. The van der Waals surface area contributed by atoms with E-state index in [4.69, 9.17) is 0 Å². The van der Waals surface area contributed by atoms with Crippen molar-refractivity contribution in [3.05, 3.63) is 75.7 Å². The summed E-state index contributed by atoms with van der Waals surface area (Å²) in [6, 6.07) is 9.49. The maximum absolute atomic E-state index is 12.4. The molecule has 4 nitrogen and oxygen atoms in total. The summed E-state index contributed by atoms with van der Waals surface area (Å²) in [5.41, 5.74) is 2.71. The Balaban J connectivity index is 2.50. The average molecular weight is 282 g/mol. The molecule has 1 amide bonds. The maximum atomic E-state index is 12.4. The van der Waals surface area contributed by atoms with E-state index in [1.54, 1.807) is 18.3 Å². The van der Waals surface area contributed by atoms with Crippen LogP contribution in [0.2, 0.25) is 0 Å². The molecule has 0 fully saturated rings. The van der Waals surface area contributed by atoms with Crippen LogP contribution in [0.1, 0.15) is 27.0 Å². The number of rotatable bonds is 4. The minimum atomic E-state index is -0.387. The predicted octanol–water partition coefficient (Wildman–Crippen LogP) is 2.21. The van der Waals surface area contributed by atoms with Gasteiger partial charge >= 0.3 is 0 Å². The number of pyridine rings is 1. The van der Waals surface area contributed by atoms with Crippen LogP contribution in [0, 0.1) is 6.92 Å². The molecule has 1 aromatic carbocycles. The van der Waals surface area contributed by atoms with Crippen LogP contribution >= 0.6 is 0 Å². The summed E-state index contributed by atoms with van der Waals surface area (Å²) in [5.74, 6) is -0.387. The zero-order valence-electron chi connectivity index (χ0n) is 12.2. The first-order valence-corrected chi connectivity index (χ1v) is 6.69. The SMILES string of the molecule is C=Cc1cc(C(=O)NC)c(=O)n(Cc2cccc(C)c2)c1. The van der Waals surface area contributed by atoms with Crippen molar-refractivity contribution >= 4 is 12.0 Å². The van der Waals surface area contributed by atoms with E-state index in [9.17, 15) is 9.59 Å². The molecule has 0 bridgehead atoms. The minimum Gasteiger partial charge on any atom is -0.355 e. The van der Waals surface area contributed by atoms with Crippen molar-refractivity contribution in [2.75, 3.05) is 7.05 Å². The molecule has 1 aromatic heterocycles. The highest BCUT2D eigenvalue weighted by atomic mass is 16.2. The largest absolute Gasteiger partial charge is 0.355 e. The molecule has 0 saturated heterocycles. The molecule has 0 spiro atoms. The van der Waals surface area contributed by atoms with Crippen molar-refractivity contribution in [1.29, 1.82) is 0 Å². The number of carbonyl (C=O) groups excluding carboxylic acids is 1. The van der Waals surface area contributed by atoms with Gasteiger partial charge in [0.1, 0.15) is 5.56 Å². The third kappa shape index (κ3) is 3.28. The highest BCUT2D eigenvalue weighted by Crippen LogP contribution is 2.08. The van der Waals surface area contributed by atoms with E-state index in [0.717, 1.165) is 16.7 Å². The molecule has 2 rings (SSSR count). The normalized spacial score (nSPS) is 10.2. The van der Waals surface area contributed by atoms with E-state index in [1.165, 1.54) is 11.6 Å². The topological polar surface area (TPSA) is 51.1 Å². The van der Waals surface area contributed by atoms with E-state index in [2.05, 4.69) is 11.9 Å². The van der Waals surface area contributed by atoms with Crippen molar-refractivity contribution in [2.24, 2.45) is 0 Å². The van der Waals surface area contributed by atoms with Gasteiger partial charge in [-0.05, 0) is 24.1 Å². The van der Waals surface area contributed by atoms with Crippen molar-refractivity contribution in [2.45, 2.75) is 13.5 Å². The molecule has 1 heterocycles. The fourth-order valence-corrected chi connectivity index (χ4v) is 2.19. The van der Waals surface area contributed by atoms with Gasteiger partial charge in [-0.1, -0.05) is 42.5 Å². The number of aryl methyl sites for hydroxylation is 1. The Bertz CT molecular complexity index is 745. The predicted molar refractivity (Wildman–Crippen MR) is 84.5 cm³/mol. The zero-order valence-corrected chi connectivity index (χ0v) is 12.2. The van der Waals surface area contributed by atoms with Gasteiger partial charge in [0.25, 0.3) is 11.5 Å². The first kappa shape index (κ1) is 14.8. The number of hydrogen-bond donors (Lipinski definition) is 1. The van der Waals surface area contributed by atoms with Gasteiger partial charge in [-0.25, -0.2) is 0 Å². The minimum absolute atomic E-state index is 0.127. The van der Waals surface area contributed by atoms with Gasteiger partial charge in [0.2, 0.25) is 0 Å². The van der Waals surface area contributed by atoms with E-state index in [0.29, 0.717) is 6.54 Å². The Kier molecular flexibility index (Phi) is 4.38. The van der Waals surface area contributed by atoms with Gasteiger partial charge in [-0.3, -0.25) is 9.59 Å². The third-order valence-corrected chi connectivity index (χ3v) is 3.25. The second kappa shape index (κ2) is 6.22. The fraction of sp³-hybridized carbons (Fsp3) is 0.176. The van der Waals surface area contributed by atoms with Gasteiger partial charge in [-0.2, -0.15) is 0 Å². The maximum Gasteiger partial charge on any atom is 0.263 e. The summed E-state index contributed by atoms with van der Waals surface area (Å²) < 4.78 is 1.54. The standard InChI is InChI=1S/C17H18N2O2/c1-4-13-9-15(16(20)18-3)17(21)19(10-13)11-14-7-5-6-12(2)8-14/h4-10H,1,11H2,2-3H3,(H,18,20). The number of benzene rings is 1. The Morgan fingerprint density at radius 2 is 2.14 bits per heavy atom. The molecule has 4 heteroatoms. The first-order valence-electron chi connectivity index (χ1n) is 6.69. The first-order chi connectivity index (χ1) is 10.0. The number of aromatic nitrogens is 1. The average Bonchev–Trinajstić information content (AvgIpc) is 2.48. The van der Waals surface area contributed by atoms with Crippen molar-refractivity contribution < 1.29 is 4.79 Å². The Morgan fingerprint density at radius 1 is 1.38 bits per heavy atom. The summed E-state index contributed by atoms with van der Waals surface area (Å²) in [6.07, 6.45) is 3.34. The second-order valence-corrected chi connectivity index (χ2v) is 4.89. The quantitative estimate of drug-likeness (QED) is 0.934. The number of hydrogen-bond acceptors (Lipinski definition) is 2. The summed E-state index contributed by atoms with van der Waals surface area (Å²) in [4.78, 5) is 24.2. The summed E-state index contributed by atoms with van der Waals surface area (Å²) in [6.45, 7) is 6.13. The van der Waals surface area contributed by atoms with Crippen molar-refractivity contribution in [1.82, 2.24) is 9.88 Å². The van der Waals surface area contributed by atoms with E-state index < -0.39 is 0 Å². The Hall–Kier alpha value is -2.62. The highest BCUT2D eigenvalue weighted by Gasteiger charge is 2.12. The van der Waals surface area contributed by atoms with Gasteiger partial charge in [0.05, 0.1) is 6.54 Å². The Morgan fingerprint density at radius 3 is 2.76 bits per heavy atom. The molecule has 0 aliphatic rings. The summed E-state index contributed by atoms with van der Waals surface area (Å²) in [5, 5.41) is 2.49. The van der Waals surface area contributed by atoms with E-state index >= 15 is 0 Å². The summed E-state index contributed by atoms with van der Waals surface area (Å²) >= 11 is 0. The van der Waals surface area contributed by atoms with Crippen molar-refractivity contribution in [3.63, 3.8) is 0 Å². The molecule has 0 aliphatic carbocycles. The van der Waals surface area contributed by atoms with E-state index in [1.807, 2.05) is 31.2 Å². The van der Waals surface area contributed by atoms with E-state index in [-0.39, 0.29) is 17.0 Å². The molecule has 0 unspecified atom stereocenters. The smallest absolute Gasteiger partial charge is 0.263 e.